The molecule has 1 heterocycles. The summed E-state index contributed by atoms with van der Waals surface area (Å²) in [6, 6.07) is 7.90. The molecule has 2 aromatic rings. The van der Waals surface area contributed by atoms with E-state index in [1.165, 1.54) is 23.2 Å². The summed E-state index contributed by atoms with van der Waals surface area (Å²) in [6.07, 6.45) is 4.99. The van der Waals surface area contributed by atoms with Crippen molar-refractivity contribution in [2.45, 2.75) is 25.8 Å². The van der Waals surface area contributed by atoms with Crippen molar-refractivity contribution in [1.29, 1.82) is 0 Å². The van der Waals surface area contributed by atoms with Crippen LogP contribution >= 0.6 is 0 Å². The largest absolute Gasteiger partial charge is 0.399 e. The summed E-state index contributed by atoms with van der Waals surface area (Å²) in [6.45, 7) is 0.768. The smallest absolute Gasteiger partial charge is 0.133 e. The molecule has 18 heavy (non-hydrogen) atoms. The standard InChI is InChI=1S/C14H16N4/c15-11-6-4-10(5-7-11)8-16-14-12-2-1-3-13(12)17-9-18-14/h4-7,9H,1-3,8,15H2,(H,16,17,18). The first kappa shape index (κ1) is 11.0. The van der Waals surface area contributed by atoms with Gasteiger partial charge in [-0.2, -0.15) is 0 Å². The van der Waals surface area contributed by atoms with Gasteiger partial charge in [0.15, 0.2) is 0 Å². The minimum atomic E-state index is 0.768. The number of benzene rings is 1. The first-order valence-corrected chi connectivity index (χ1v) is 6.24. The van der Waals surface area contributed by atoms with Crippen molar-refractivity contribution in [3.05, 3.63) is 47.4 Å². The van der Waals surface area contributed by atoms with Crippen LogP contribution in [0, 0.1) is 0 Å². The molecule has 0 spiro atoms. The third-order valence-corrected chi connectivity index (χ3v) is 3.31. The predicted octanol–water partition coefficient (Wildman–Crippen LogP) is 2.16. The number of hydrogen-bond acceptors (Lipinski definition) is 4. The van der Waals surface area contributed by atoms with Gasteiger partial charge in [0.1, 0.15) is 12.1 Å². The summed E-state index contributed by atoms with van der Waals surface area (Å²) >= 11 is 0. The van der Waals surface area contributed by atoms with Crippen molar-refractivity contribution in [2.24, 2.45) is 0 Å². The van der Waals surface area contributed by atoms with Gasteiger partial charge in [-0.1, -0.05) is 12.1 Å². The van der Waals surface area contributed by atoms with E-state index in [-0.39, 0.29) is 0 Å². The number of hydrogen-bond donors (Lipinski definition) is 2. The van der Waals surface area contributed by atoms with E-state index in [4.69, 9.17) is 5.73 Å². The molecule has 3 rings (SSSR count). The third-order valence-electron chi connectivity index (χ3n) is 3.31. The molecule has 0 fully saturated rings. The molecular formula is C14H16N4. The Morgan fingerprint density at radius 3 is 2.78 bits per heavy atom. The van der Waals surface area contributed by atoms with Gasteiger partial charge >= 0.3 is 0 Å². The Labute approximate surface area is 106 Å². The lowest BCUT2D eigenvalue weighted by Crippen LogP contribution is -2.05. The average molecular weight is 240 g/mol. The number of rotatable bonds is 3. The fraction of sp³-hybridized carbons (Fsp3) is 0.286. The highest BCUT2D eigenvalue weighted by Crippen LogP contribution is 2.25. The number of fused-ring (bicyclic) bond motifs is 1. The Balaban J connectivity index is 1.74. The van der Waals surface area contributed by atoms with E-state index < -0.39 is 0 Å². The molecule has 0 atom stereocenters. The summed E-state index contributed by atoms with van der Waals surface area (Å²) in [5.74, 6) is 0.981. The minimum Gasteiger partial charge on any atom is -0.399 e. The van der Waals surface area contributed by atoms with E-state index in [0.29, 0.717) is 0 Å². The Morgan fingerprint density at radius 1 is 1.11 bits per heavy atom. The number of anilines is 2. The van der Waals surface area contributed by atoms with E-state index in [1.807, 2.05) is 24.3 Å². The van der Waals surface area contributed by atoms with Crippen molar-refractivity contribution in [3.8, 4) is 0 Å². The predicted molar refractivity (Wildman–Crippen MR) is 72.2 cm³/mol. The van der Waals surface area contributed by atoms with Crippen LogP contribution in [0.5, 0.6) is 0 Å². The van der Waals surface area contributed by atoms with Crippen LogP contribution in [0.1, 0.15) is 23.2 Å². The number of aromatic nitrogens is 2. The Hall–Kier alpha value is -2.10. The molecule has 0 bridgehead atoms. The molecule has 1 aromatic carbocycles. The third kappa shape index (κ3) is 2.14. The van der Waals surface area contributed by atoms with E-state index in [9.17, 15) is 0 Å². The van der Waals surface area contributed by atoms with Crippen LogP contribution in [0.2, 0.25) is 0 Å². The van der Waals surface area contributed by atoms with Crippen molar-refractivity contribution in [2.75, 3.05) is 11.1 Å². The van der Waals surface area contributed by atoms with Crippen molar-refractivity contribution < 1.29 is 0 Å². The van der Waals surface area contributed by atoms with E-state index in [1.54, 1.807) is 6.33 Å². The van der Waals surface area contributed by atoms with Gasteiger partial charge < -0.3 is 11.1 Å². The Morgan fingerprint density at radius 2 is 1.94 bits per heavy atom. The second-order valence-electron chi connectivity index (χ2n) is 4.60. The van der Waals surface area contributed by atoms with Crippen LogP contribution in [0.4, 0.5) is 11.5 Å². The van der Waals surface area contributed by atoms with Gasteiger partial charge in [-0.3, -0.25) is 0 Å². The number of nitrogen functional groups attached to an aromatic ring is 1. The molecule has 4 heteroatoms. The topological polar surface area (TPSA) is 63.8 Å². The Bertz CT molecular complexity index is 548. The fourth-order valence-electron chi connectivity index (χ4n) is 2.33. The molecule has 1 aliphatic carbocycles. The van der Waals surface area contributed by atoms with Crippen LogP contribution in [0.25, 0.3) is 0 Å². The lowest BCUT2D eigenvalue weighted by atomic mass is 10.2. The van der Waals surface area contributed by atoms with Gasteiger partial charge in [0.05, 0.1) is 0 Å². The van der Waals surface area contributed by atoms with Gasteiger partial charge in [-0.15, -0.1) is 0 Å². The highest BCUT2D eigenvalue weighted by atomic mass is 15.0. The zero-order chi connectivity index (χ0) is 12.4. The van der Waals surface area contributed by atoms with Crippen LogP contribution in [0.15, 0.2) is 30.6 Å². The second kappa shape index (κ2) is 4.64. The highest BCUT2D eigenvalue weighted by molar-refractivity contribution is 5.48. The number of nitrogens with zero attached hydrogens (tertiary/aromatic N) is 2. The van der Waals surface area contributed by atoms with Gasteiger partial charge in [0.25, 0.3) is 0 Å². The SMILES string of the molecule is Nc1ccc(CNc2ncnc3c2CCC3)cc1. The molecular weight excluding hydrogens is 224 g/mol. The first-order chi connectivity index (χ1) is 8.83. The van der Waals surface area contributed by atoms with E-state index in [2.05, 4.69) is 15.3 Å². The molecule has 4 nitrogen and oxygen atoms in total. The molecule has 0 aliphatic heterocycles. The monoisotopic (exact) mass is 240 g/mol. The number of aryl methyl sites for hydroxylation is 1. The van der Waals surface area contributed by atoms with Crippen LogP contribution < -0.4 is 11.1 Å². The van der Waals surface area contributed by atoms with E-state index >= 15 is 0 Å². The quantitative estimate of drug-likeness (QED) is 0.807. The van der Waals surface area contributed by atoms with Gasteiger partial charge in [-0.25, -0.2) is 9.97 Å². The maximum atomic E-state index is 5.67. The maximum Gasteiger partial charge on any atom is 0.133 e. The van der Waals surface area contributed by atoms with Crippen LogP contribution in [-0.2, 0) is 19.4 Å². The molecule has 1 aromatic heterocycles. The van der Waals surface area contributed by atoms with E-state index in [0.717, 1.165) is 30.9 Å². The first-order valence-electron chi connectivity index (χ1n) is 6.24. The van der Waals surface area contributed by atoms with Gasteiger partial charge in [0, 0.05) is 23.5 Å². The number of nitrogens with two attached hydrogens (primary N) is 1. The van der Waals surface area contributed by atoms with Gasteiger partial charge in [-0.05, 0) is 37.0 Å². The van der Waals surface area contributed by atoms with Crippen molar-refractivity contribution in [1.82, 2.24) is 9.97 Å². The van der Waals surface area contributed by atoms with Gasteiger partial charge in [0.2, 0.25) is 0 Å². The summed E-state index contributed by atoms with van der Waals surface area (Å²) in [4.78, 5) is 8.65. The lowest BCUT2D eigenvalue weighted by Gasteiger charge is -2.09. The average Bonchev–Trinajstić information content (AvgIpc) is 2.87. The molecule has 0 amide bonds. The lowest BCUT2D eigenvalue weighted by molar-refractivity contribution is 0.899. The molecule has 3 N–H and O–H groups in total. The second-order valence-corrected chi connectivity index (χ2v) is 4.60. The van der Waals surface area contributed by atoms with Crippen LogP contribution in [-0.4, -0.2) is 9.97 Å². The molecule has 0 radical (unpaired) electrons. The normalized spacial score (nSPS) is 13.3. The van der Waals surface area contributed by atoms with Crippen molar-refractivity contribution >= 4 is 11.5 Å². The molecule has 1 aliphatic rings. The highest BCUT2D eigenvalue weighted by Gasteiger charge is 2.16. The zero-order valence-corrected chi connectivity index (χ0v) is 10.2. The van der Waals surface area contributed by atoms with Crippen LogP contribution in [0.3, 0.4) is 0 Å². The summed E-state index contributed by atoms with van der Waals surface area (Å²) in [5, 5.41) is 3.39. The summed E-state index contributed by atoms with van der Waals surface area (Å²) in [7, 11) is 0. The maximum absolute atomic E-state index is 5.67. The molecule has 0 saturated heterocycles. The van der Waals surface area contributed by atoms with Crippen molar-refractivity contribution in [3.63, 3.8) is 0 Å². The fourth-order valence-corrected chi connectivity index (χ4v) is 2.33. The number of nitrogens with one attached hydrogen (secondary N) is 1. The zero-order valence-electron chi connectivity index (χ0n) is 10.2. The molecule has 0 saturated carbocycles. The minimum absolute atomic E-state index is 0.768. The molecule has 92 valence electrons. The Kier molecular flexibility index (Phi) is 2.84. The summed E-state index contributed by atoms with van der Waals surface area (Å²) in [5.41, 5.74) is 10.1. The summed E-state index contributed by atoms with van der Waals surface area (Å²) < 4.78 is 0. The molecule has 0 unspecified atom stereocenters.